The van der Waals surface area contributed by atoms with Crippen molar-refractivity contribution in [1.29, 1.82) is 0 Å². The van der Waals surface area contributed by atoms with E-state index in [-0.39, 0.29) is 11.8 Å². The molecule has 0 spiro atoms. The van der Waals surface area contributed by atoms with E-state index in [1.54, 1.807) is 19.2 Å². The van der Waals surface area contributed by atoms with E-state index in [0.717, 1.165) is 11.3 Å². The zero-order chi connectivity index (χ0) is 15.2. The minimum Gasteiger partial charge on any atom is -0.326 e. The summed E-state index contributed by atoms with van der Waals surface area (Å²) < 4.78 is 0. The third-order valence-corrected chi connectivity index (χ3v) is 3.20. The Morgan fingerprint density at radius 3 is 2.43 bits per heavy atom. The molecular weight excluding hydrogens is 264 g/mol. The Hall–Kier alpha value is -2.62. The van der Waals surface area contributed by atoms with Crippen molar-refractivity contribution in [3.8, 4) is 0 Å². The van der Waals surface area contributed by atoms with Gasteiger partial charge in [-0.05, 0) is 23.8 Å². The third kappa shape index (κ3) is 4.18. The fourth-order valence-electron chi connectivity index (χ4n) is 1.96. The second-order valence-corrected chi connectivity index (χ2v) is 4.84. The molecule has 4 heteroatoms. The number of anilines is 2. The molecule has 2 amide bonds. The Labute approximate surface area is 124 Å². The van der Waals surface area contributed by atoms with Gasteiger partial charge < -0.3 is 10.2 Å². The summed E-state index contributed by atoms with van der Waals surface area (Å²) in [6.07, 6.45) is 0.327. The maximum Gasteiger partial charge on any atom is 0.228 e. The van der Waals surface area contributed by atoms with E-state index in [1.807, 2.05) is 42.5 Å². The molecule has 0 bridgehead atoms. The van der Waals surface area contributed by atoms with Gasteiger partial charge in [-0.15, -0.1) is 0 Å². The van der Waals surface area contributed by atoms with E-state index in [1.165, 1.54) is 11.8 Å². The Morgan fingerprint density at radius 2 is 1.76 bits per heavy atom. The molecule has 0 radical (unpaired) electrons. The number of hydrogen-bond acceptors (Lipinski definition) is 2. The summed E-state index contributed by atoms with van der Waals surface area (Å²) in [7, 11) is 1.70. The molecule has 0 saturated heterocycles. The van der Waals surface area contributed by atoms with Gasteiger partial charge in [-0.1, -0.05) is 36.4 Å². The Morgan fingerprint density at radius 1 is 1.05 bits per heavy atom. The zero-order valence-electron chi connectivity index (χ0n) is 12.2. The Kier molecular flexibility index (Phi) is 4.72. The van der Waals surface area contributed by atoms with Crippen LogP contribution in [0.25, 0.3) is 0 Å². The first-order valence-corrected chi connectivity index (χ1v) is 6.74. The van der Waals surface area contributed by atoms with Crippen LogP contribution in [0.1, 0.15) is 12.5 Å². The van der Waals surface area contributed by atoms with Crippen LogP contribution in [-0.4, -0.2) is 18.9 Å². The molecule has 108 valence electrons. The van der Waals surface area contributed by atoms with Crippen molar-refractivity contribution in [2.45, 2.75) is 13.3 Å². The standard InChI is InChI=1S/C17H18N2O2/c1-13(20)19(2)16-10-6-9-15(12-16)18-17(21)11-14-7-4-3-5-8-14/h3-10,12H,11H2,1-2H3,(H,18,21). The SMILES string of the molecule is CC(=O)N(C)c1cccc(NC(=O)Cc2ccccc2)c1. The van der Waals surface area contributed by atoms with Crippen molar-refractivity contribution in [3.05, 3.63) is 60.2 Å². The van der Waals surface area contributed by atoms with Gasteiger partial charge in [-0.25, -0.2) is 0 Å². The number of hydrogen-bond donors (Lipinski definition) is 1. The highest BCUT2D eigenvalue weighted by molar-refractivity contribution is 5.95. The molecule has 21 heavy (non-hydrogen) atoms. The second-order valence-electron chi connectivity index (χ2n) is 4.84. The molecule has 0 unspecified atom stereocenters. The molecule has 0 aliphatic carbocycles. The van der Waals surface area contributed by atoms with Crippen molar-refractivity contribution >= 4 is 23.2 Å². The Bertz CT molecular complexity index is 638. The molecule has 0 fully saturated rings. The summed E-state index contributed by atoms with van der Waals surface area (Å²) in [4.78, 5) is 24.9. The van der Waals surface area contributed by atoms with Crippen molar-refractivity contribution in [2.75, 3.05) is 17.3 Å². The van der Waals surface area contributed by atoms with Crippen molar-refractivity contribution in [2.24, 2.45) is 0 Å². The van der Waals surface area contributed by atoms with Gasteiger partial charge in [0.1, 0.15) is 0 Å². The summed E-state index contributed by atoms with van der Waals surface area (Å²) in [6.45, 7) is 1.50. The summed E-state index contributed by atoms with van der Waals surface area (Å²) in [6, 6.07) is 16.8. The van der Waals surface area contributed by atoms with Gasteiger partial charge in [0.25, 0.3) is 0 Å². The molecule has 2 aromatic rings. The van der Waals surface area contributed by atoms with Crippen LogP contribution < -0.4 is 10.2 Å². The molecule has 4 nitrogen and oxygen atoms in total. The number of carbonyl (C=O) groups is 2. The molecule has 0 heterocycles. The minimum absolute atomic E-state index is 0.0530. The number of amides is 2. The largest absolute Gasteiger partial charge is 0.326 e. The number of carbonyl (C=O) groups excluding carboxylic acids is 2. The Balaban J connectivity index is 2.04. The lowest BCUT2D eigenvalue weighted by Gasteiger charge is -2.16. The van der Waals surface area contributed by atoms with Crippen LogP contribution >= 0.6 is 0 Å². The van der Waals surface area contributed by atoms with Crippen LogP contribution in [0, 0.1) is 0 Å². The zero-order valence-corrected chi connectivity index (χ0v) is 12.2. The first-order valence-electron chi connectivity index (χ1n) is 6.74. The first-order chi connectivity index (χ1) is 10.1. The molecule has 0 atom stereocenters. The summed E-state index contributed by atoms with van der Waals surface area (Å²) in [5.41, 5.74) is 2.40. The lowest BCUT2D eigenvalue weighted by molar-refractivity contribution is -0.116. The van der Waals surface area contributed by atoms with Crippen LogP contribution in [0.5, 0.6) is 0 Å². The topological polar surface area (TPSA) is 49.4 Å². The molecule has 2 rings (SSSR count). The van der Waals surface area contributed by atoms with Gasteiger partial charge in [0.2, 0.25) is 11.8 Å². The quantitative estimate of drug-likeness (QED) is 0.937. The monoisotopic (exact) mass is 282 g/mol. The van der Waals surface area contributed by atoms with Crippen molar-refractivity contribution in [1.82, 2.24) is 0 Å². The van der Waals surface area contributed by atoms with Crippen molar-refractivity contribution < 1.29 is 9.59 Å². The van der Waals surface area contributed by atoms with Crippen LogP contribution in [0.4, 0.5) is 11.4 Å². The molecule has 0 aliphatic rings. The second kappa shape index (κ2) is 6.70. The summed E-state index contributed by atoms with van der Waals surface area (Å²) in [5.74, 6) is -0.133. The number of nitrogens with zero attached hydrogens (tertiary/aromatic N) is 1. The molecule has 0 aromatic heterocycles. The predicted molar refractivity (Wildman–Crippen MR) is 84.3 cm³/mol. The van der Waals surface area contributed by atoms with Gasteiger partial charge in [-0.2, -0.15) is 0 Å². The summed E-state index contributed by atoms with van der Waals surface area (Å²) in [5, 5.41) is 2.85. The van der Waals surface area contributed by atoms with Crippen LogP contribution in [-0.2, 0) is 16.0 Å². The average Bonchev–Trinajstić information content (AvgIpc) is 2.47. The van der Waals surface area contributed by atoms with Gasteiger partial charge in [0, 0.05) is 25.3 Å². The van der Waals surface area contributed by atoms with Crippen LogP contribution in [0.2, 0.25) is 0 Å². The van der Waals surface area contributed by atoms with Gasteiger partial charge >= 0.3 is 0 Å². The predicted octanol–water partition coefficient (Wildman–Crippen LogP) is 2.85. The normalized spacial score (nSPS) is 10.0. The highest BCUT2D eigenvalue weighted by Crippen LogP contribution is 2.18. The van der Waals surface area contributed by atoms with Crippen LogP contribution in [0.3, 0.4) is 0 Å². The average molecular weight is 282 g/mol. The van der Waals surface area contributed by atoms with E-state index >= 15 is 0 Å². The maximum atomic E-state index is 12.0. The van der Waals surface area contributed by atoms with Gasteiger partial charge in [0.05, 0.1) is 6.42 Å². The highest BCUT2D eigenvalue weighted by atomic mass is 16.2. The van der Waals surface area contributed by atoms with E-state index in [2.05, 4.69) is 5.32 Å². The first kappa shape index (κ1) is 14.8. The van der Waals surface area contributed by atoms with Crippen molar-refractivity contribution in [3.63, 3.8) is 0 Å². The minimum atomic E-state index is -0.0798. The summed E-state index contributed by atoms with van der Waals surface area (Å²) >= 11 is 0. The van der Waals surface area contributed by atoms with E-state index in [0.29, 0.717) is 12.1 Å². The molecule has 1 N–H and O–H groups in total. The number of benzene rings is 2. The fraction of sp³-hybridized carbons (Fsp3) is 0.176. The van der Waals surface area contributed by atoms with E-state index in [9.17, 15) is 9.59 Å². The maximum absolute atomic E-state index is 12.0. The van der Waals surface area contributed by atoms with E-state index in [4.69, 9.17) is 0 Å². The van der Waals surface area contributed by atoms with Gasteiger partial charge in [-0.3, -0.25) is 9.59 Å². The number of rotatable bonds is 4. The number of nitrogens with one attached hydrogen (secondary N) is 1. The van der Waals surface area contributed by atoms with Crippen LogP contribution in [0.15, 0.2) is 54.6 Å². The fourth-order valence-corrected chi connectivity index (χ4v) is 1.96. The molecular formula is C17H18N2O2. The molecule has 0 aliphatic heterocycles. The van der Waals surface area contributed by atoms with Gasteiger partial charge in [0.15, 0.2) is 0 Å². The lowest BCUT2D eigenvalue weighted by atomic mass is 10.1. The third-order valence-electron chi connectivity index (χ3n) is 3.20. The highest BCUT2D eigenvalue weighted by Gasteiger charge is 2.08. The van der Waals surface area contributed by atoms with E-state index < -0.39 is 0 Å². The smallest absolute Gasteiger partial charge is 0.228 e. The molecule has 0 saturated carbocycles. The molecule has 2 aromatic carbocycles. The lowest BCUT2D eigenvalue weighted by Crippen LogP contribution is -2.23.